The lowest BCUT2D eigenvalue weighted by atomic mass is 10.1. The van der Waals surface area contributed by atoms with Crippen LogP contribution in [0.25, 0.3) is 0 Å². The number of hydrogen-bond acceptors (Lipinski definition) is 1. The Kier molecular flexibility index (Phi) is 6.35. The summed E-state index contributed by atoms with van der Waals surface area (Å²) in [5.74, 6) is 0. The van der Waals surface area contributed by atoms with E-state index in [1.807, 2.05) is 6.92 Å². The smallest absolute Gasteiger partial charge is 0.142 e. The van der Waals surface area contributed by atoms with Gasteiger partial charge in [-0.3, -0.25) is 4.79 Å². The van der Waals surface area contributed by atoms with Crippen molar-refractivity contribution >= 4 is 6.29 Å². The fourth-order valence-corrected chi connectivity index (χ4v) is 0.890. The molecule has 0 fully saturated rings. The molecule has 1 heteroatoms. The van der Waals surface area contributed by atoms with E-state index in [1.54, 1.807) is 6.08 Å². The van der Waals surface area contributed by atoms with Crippen LogP contribution in [-0.2, 0) is 4.79 Å². The van der Waals surface area contributed by atoms with Gasteiger partial charge in [0.05, 0.1) is 0 Å². The van der Waals surface area contributed by atoms with E-state index in [9.17, 15) is 4.79 Å². The SMILES string of the molecule is CC/C(C)=C\CC/C(C)=C/C=O. The van der Waals surface area contributed by atoms with Crippen LogP contribution in [0.15, 0.2) is 23.3 Å². The van der Waals surface area contributed by atoms with Crippen LogP contribution in [0, 0.1) is 0 Å². The van der Waals surface area contributed by atoms with E-state index < -0.39 is 0 Å². The second-order valence-corrected chi connectivity index (χ2v) is 3.09. The average molecular weight is 166 g/mol. The largest absolute Gasteiger partial charge is 0.299 e. The molecule has 0 saturated carbocycles. The molecule has 12 heavy (non-hydrogen) atoms. The fourth-order valence-electron chi connectivity index (χ4n) is 0.890. The minimum atomic E-state index is 0.853. The molecule has 0 unspecified atom stereocenters. The van der Waals surface area contributed by atoms with Crippen molar-refractivity contribution in [2.45, 2.75) is 40.0 Å². The Labute approximate surface area is 75.2 Å². The van der Waals surface area contributed by atoms with Crippen LogP contribution in [-0.4, -0.2) is 6.29 Å². The predicted octanol–water partition coefficient (Wildman–Crippen LogP) is 3.27. The van der Waals surface area contributed by atoms with Crippen LogP contribution < -0.4 is 0 Å². The van der Waals surface area contributed by atoms with Crippen LogP contribution in [0.5, 0.6) is 0 Å². The molecule has 0 aromatic heterocycles. The molecule has 0 N–H and O–H groups in total. The molecular formula is C11H18O. The second-order valence-electron chi connectivity index (χ2n) is 3.09. The van der Waals surface area contributed by atoms with Crippen LogP contribution in [0.1, 0.15) is 40.0 Å². The summed E-state index contributed by atoms with van der Waals surface area (Å²) < 4.78 is 0. The number of carbonyl (C=O) groups excluding carboxylic acids is 1. The normalized spacial score (nSPS) is 13.2. The molecule has 0 aromatic rings. The molecule has 1 nitrogen and oxygen atoms in total. The lowest BCUT2D eigenvalue weighted by Gasteiger charge is -1.97. The lowest BCUT2D eigenvalue weighted by Crippen LogP contribution is -1.78. The highest BCUT2D eigenvalue weighted by Gasteiger charge is 1.88. The zero-order valence-corrected chi connectivity index (χ0v) is 8.26. The Morgan fingerprint density at radius 3 is 2.42 bits per heavy atom. The summed E-state index contributed by atoms with van der Waals surface area (Å²) in [7, 11) is 0. The average Bonchev–Trinajstić information content (AvgIpc) is 2.04. The number of rotatable bonds is 5. The summed E-state index contributed by atoms with van der Waals surface area (Å²) in [5, 5.41) is 0. The monoisotopic (exact) mass is 166 g/mol. The lowest BCUT2D eigenvalue weighted by molar-refractivity contribution is -0.104. The number of hydrogen-bond donors (Lipinski definition) is 0. The van der Waals surface area contributed by atoms with E-state index in [2.05, 4.69) is 19.9 Å². The fraction of sp³-hybridized carbons (Fsp3) is 0.545. The number of allylic oxidation sites excluding steroid dienone is 4. The summed E-state index contributed by atoms with van der Waals surface area (Å²) in [4.78, 5) is 10.1. The summed E-state index contributed by atoms with van der Waals surface area (Å²) in [6.45, 7) is 6.28. The minimum absolute atomic E-state index is 0.853. The molecular weight excluding hydrogens is 148 g/mol. The first-order valence-electron chi connectivity index (χ1n) is 4.47. The molecule has 0 radical (unpaired) electrons. The molecule has 0 atom stereocenters. The van der Waals surface area contributed by atoms with Crippen molar-refractivity contribution in [3.63, 3.8) is 0 Å². The standard InChI is InChI=1S/C11H18O/c1-4-10(2)6-5-7-11(3)8-9-12/h6,8-9H,4-5,7H2,1-3H3/b10-6-,11-8+. The molecule has 0 aliphatic carbocycles. The molecule has 0 spiro atoms. The van der Waals surface area contributed by atoms with E-state index in [4.69, 9.17) is 0 Å². The van der Waals surface area contributed by atoms with Crippen molar-refractivity contribution in [3.8, 4) is 0 Å². The van der Waals surface area contributed by atoms with E-state index in [0.717, 1.165) is 31.1 Å². The van der Waals surface area contributed by atoms with Crippen molar-refractivity contribution in [2.75, 3.05) is 0 Å². The van der Waals surface area contributed by atoms with Gasteiger partial charge in [0, 0.05) is 0 Å². The van der Waals surface area contributed by atoms with Crippen LogP contribution >= 0.6 is 0 Å². The predicted molar refractivity (Wildman–Crippen MR) is 53.1 cm³/mol. The number of carbonyl (C=O) groups is 1. The zero-order valence-electron chi connectivity index (χ0n) is 8.26. The highest BCUT2D eigenvalue weighted by Crippen LogP contribution is 2.07. The van der Waals surface area contributed by atoms with E-state index in [-0.39, 0.29) is 0 Å². The van der Waals surface area contributed by atoms with Gasteiger partial charge in [0.1, 0.15) is 6.29 Å². The Hall–Kier alpha value is -0.850. The van der Waals surface area contributed by atoms with Crippen molar-refractivity contribution < 1.29 is 4.79 Å². The third-order valence-corrected chi connectivity index (χ3v) is 1.94. The zero-order chi connectivity index (χ0) is 9.40. The van der Waals surface area contributed by atoms with Gasteiger partial charge in [-0.2, -0.15) is 0 Å². The minimum Gasteiger partial charge on any atom is -0.299 e. The third kappa shape index (κ3) is 5.90. The van der Waals surface area contributed by atoms with E-state index in [1.165, 1.54) is 5.57 Å². The maximum absolute atomic E-state index is 10.1. The molecule has 0 bridgehead atoms. The molecule has 0 heterocycles. The Balaban J connectivity index is 3.69. The Morgan fingerprint density at radius 1 is 1.25 bits per heavy atom. The van der Waals surface area contributed by atoms with Gasteiger partial charge in [-0.05, 0) is 39.2 Å². The van der Waals surface area contributed by atoms with Gasteiger partial charge < -0.3 is 0 Å². The number of aldehydes is 1. The van der Waals surface area contributed by atoms with Gasteiger partial charge in [0.15, 0.2) is 0 Å². The topological polar surface area (TPSA) is 17.1 Å². The maximum Gasteiger partial charge on any atom is 0.142 e. The Morgan fingerprint density at radius 2 is 1.92 bits per heavy atom. The third-order valence-electron chi connectivity index (χ3n) is 1.94. The molecule has 0 aromatic carbocycles. The summed E-state index contributed by atoms with van der Waals surface area (Å²) >= 11 is 0. The van der Waals surface area contributed by atoms with Crippen LogP contribution in [0.4, 0.5) is 0 Å². The van der Waals surface area contributed by atoms with E-state index in [0.29, 0.717) is 0 Å². The van der Waals surface area contributed by atoms with Gasteiger partial charge in [0.25, 0.3) is 0 Å². The molecule has 0 rings (SSSR count). The quantitative estimate of drug-likeness (QED) is 0.348. The summed E-state index contributed by atoms with van der Waals surface area (Å²) in [6, 6.07) is 0. The Bertz CT molecular complexity index is 187. The first kappa shape index (κ1) is 11.2. The van der Waals surface area contributed by atoms with Crippen LogP contribution in [0.3, 0.4) is 0 Å². The van der Waals surface area contributed by atoms with Gasteiger partial charge in [0.2, 0.25) is 0 Å². The molecule has 0 aliphatic rings. The van der Waals surface area contributed by atoms with Gasteiger partial charge >= 0.3 is 0 Å². The summed E-state index contributed by atoms with van der Waals surface area (Å²) in [6.07, 6.45) is 7.89. The van der Waals surface area contributed by atoms with Gasteiger partial charge in [-0.1, -0.05) is 24.1 Å². The van der Waals surface area contributed by atoms with Gasteiger partial charge in [-0.25, -0.2) is 0 Å². The molecule has 0 aliphatic heterocycles. The first-order valence-corrected chi connectivity index (χ1v) is 4.47. The van der Waals surface area contributed by atoms with Gasteiger partial charge in [-0.15, -0.1) is 0 Å². The van der Waals surface area contributed by atoms with Crippen molar-refractivity contribution in [1.82, 2.24) is 0 Å². The first-order chi connectivity index (χ1) is 5.70. The molecule has 0 saturated heterocycles. The summed E-state index contributed by atoms with van der Waals surface area (Å²) in [5.41, 5.74) is 2.58. The van der Waals surface area contributed by atoms with Crippen molar-refractivity contribution in [3.05, 3.63) is 23.3 Å². The van der Waals surface area contributed by atoms with Crippen molar-refractivity contribution in [1.29, 1.82) is 0 Å². The van der Waals surface area contributed by atoms with Crippen LogP contribution in [0.2, 0.25) is 0 Å². The highest BCUT2D eigenvalue weighted by atomic mass is 16.1. The van der Waals surface area contributed by atoms with E-state index >= 15 is 0 Å². The second kappa shape index (κ2) is 6.84. The highest BCUT2D eigenvalue weighted by molar-refractivity contribution is 5.65. The molecule has 68 valence electrons. The van der Waals surface area contributed by atoms with Crippen molar-refractivity contribution in [2.24, 2.45) is 0 Å². The maximum atomic E-state index is 10.1. The molecule has 0 amide bonds.